The fourth-order valence-electron chi connectivity index (χ4n) is 1.68. The molecule has 1 aliphatic heterocycles. The molecule has 2 amide bonds. The van der Waals surface area contributed by atoms with Crippen LogP contribution in [0, 0.1) is 0 Å². The summed E-state index contributed by atoms with van der Waals surface area (Å²) in [5.74, 6) is -0.996. The van der Waals surface area contributed by atoms with Crippen LogP contribution in [0.2, 0.25) is 0 Å². The standard InChI is InChI=1S/C10H19N3O3/c1-2-8(9(14)15)12-10(16)13-5-3-7(11)4-6-13/h7-8H,2-6,11H2,1H3,(H,12,16)(H,14,15). The van der Waals surface area contributed by atoms with Gasteiger partial charge in [-0.3, -0.25) is 0 Å². The first kappa shape index (κ1) is 12.8. The molecule has 0 bridgehead atoms. The molecule has 1 rings (SSSR count). The third-order valence-corrected chi connectivity index (χ3v) is 2.83. The number of carbonyl (C=O) groups excluding carboxylic acids is 1. The SMILES string of the molecule is CCC(NC(=O)N1CCC(N)CC1)C(=O)O. The average molecular weight is 229 g/mol. The molecule has 4 N–H and O–H groups in total. The molecule has 92 valence electrons. The molecule has 0 spiro atoms. The molecular formula is C10H19N3O3. The fraction of sp³-hybridized carbons (Fsp3) is 0.800. The number of carboxylic acids is 1. The van der Waals surface area contributed by atoms with Gasteiger partial charge in [-0.1, -0.05) is 6.92 Å². The summed E-state index contributed by atoms with van der Waals surface area (Å²) in [6.45, 7) is 2.93. The lowest BCUT2D eigenvalue weighted by Gasteiger charge is -2.31. The minimum absolute atomic E-state index is 0.158. The fourth-order valence-corrected chi connectivity index (χ4v) is 1.68. The van der Waals surface area contributed by atoms with Crippen molar-refractivity contribution in [1.29, 1.82) is 0 Å². The highest BCUT2D eigenvalue weighted by molar-refractivity contribution is 5.82. The summed E-state index contributed by atoms with van der Waals surface area (Å²) in [5.41, 5.74) is 5.72. The predicted octanol–water partition coefficient (Wildman–Crippen LogP) is -0.0177. The number of hydrogen-bond acceptors (Lipinski definition) is 3. The summed E-state index contributed by atoms with van der Waals surface area (Å²) < 4.78 is 0. The third-order valence-electron chi connectivity index (χ3n) is 2.83. The van der Waals surface area contributed by atoms with E-state index < -0.39 is 12.0 Å². The molecule has 0 aromatic heterocycles. The van der Waals surface area contributed by atoms with Crippen molar-refractivity contribution in [3.05, 3.63) is 0 Å². The van der Waals surface area contributed by atoms with Gasteiger partial charge in [0.25, 0.3) is 0 Å². The summed E-state index contributed by atoms with van der Waals surface area (Å²) in [6.07, 6.45) is 1.93. The van der Waals surface area contributed by atoms with Crippen molar-refractivity contribution in [3.8, 4) is 0 Å². The molecule has 1 aliphatic rings. The van der Waals surface area contributed by atoms with Crippen molar-refractivity contribution in [3.63, 3.8) is 0 Å². The first-order valence-corrected chi connectivity index (χ1v) is 5.58. The highest BCUT2D eigenvalue weighted by atomic mass is 16.4. The maximum atomic E-state index is 11.7. The van der Waals surface area contributed by atoms with Gasteiger partial charge in [-0.05, 0) is 19.3 Å². The second-order valence-corrected chi connectivity index (χ2v) is 4.07. The Bertz CT molecular complexity index is 262. The number of hydrogen-bond donors (Lipinski definition) is 3. The van der Waals surface area contributed by atoms with E-state index >= 15 is 0 Å². The molecular weight excluding hydrogens is 210 g/mol. The van der Waals surface area contributed by atoms with E-state index in [2.05, 4.69) is 5.32 Å². The summed E-state index contributed by atoms with van der Waals surface area (Å²) in [5, 5.41) is 11.3. The molecule has 1 saturated heterocycles. The van der Waals surface area contributed by atoms with Gasteiger partial charge in [-0.2, -0.15) is 0 Å². The van der Waals surface area contributed by atoms with Crippen molar-refractivity contribution in [2.24, 2.45) is 5.73 Å². The molecule has 1 fully saturated rings. The van der Waals surface area contributed by atoms with E-state index in [1.165, 1.54) is 0 Å². The largest absolute Gasteiger partial charge is 0.480 e. The Labute approximate surface area is 94.8 Å². The topological polar surface area (TPSA) is 95.7 Å². The minimum atomic E-state index is -0.996. The van der Waals surface area contributed by atoms with Crippen molar-refractivity contribution >= 4 is 12.0 Å². The van der Waals surface area contributed by atoms with E-state index in [0.717, 1.165) is 12.8 Å². The van der Waals surface area contributed by atoms with Crippen LogP contribution in [-0.4, -0.2) is 47.2 Å². The number of carboxylic acid groups (broad SMARTS) is 1. The van der Waals surface area contributed by atoms with E-state index in [1.807, 2.05) is 0 Å². The Kier molecular flexibility index (Phi) is 4.54. The zero-order valence-electron chi connectivity index (χ0n) is 9.48. The molecule has 0 aliphatic carbocycles. The lowest BCUT2D eigenvalue weighted by molar-refractivity contribution is -0.139. The van der Waals surface area contributed by atoms with Crippen LogP contribution in [0.1, 0.15) is 26.2 Å². The van der Waals surface area contributed by atoms with Crippen molar-refractivity contribution in [2.45, 2.75) is 38.3 Å². The van der Waals surface area contributed by atoms with E-state index in [1.54, 1.807) is 11.8 Å². The average Bonchev–Trinajstić information content (AvgIpc) is 2.26. The number of nitrogens with two attached hydrogens (primary N) is 1. The summed E-state index contributed by atoms with van der Waals surface area (Å²) >= 11 is 0. The second kappa shape index (κ2) is 5.69. The van der Waals surface area contributed by atoms with Crippen LogP contribution in [-0.2, 0) is 4.79 Å². The Balaban J connectivity index is 2.42. The second-order valence-electron chi connectivity index (χ2n) is 4.07. The molecule has 1 heterocycles. The number of carbonyl (C=O) groups is 2. The van der Waals surface area contributed by atoms with Gasteiger partial charge in [0.05, 0.1) is 0 Å². The van der Waals surface area contributed by atoms with Gasteiger partial charge in [0, 0.05) is 19.1 Å². The third kappa shape index (κ3) is 3.37. The number of aliphatic carboxylic acids is 1. The number of rotatable bonds is 3. The number of amides is 2. The first-order chi connectivity index (χ1) is 7.54. The van der Waals surface area contributed by atoms with E-state index in [-0.39, 0.29) is 12.1 Å². The summed E-state index contributed by atoms with van der Waals surface area (Å²) in [4.78, 5) is 24.1. The van der Waals surface area contributed by atoms with Gasteiger partial charge in [-0.25, -0.2) is 9.59 Å². The molecule has 6 nitrogen and oxygen atoms in total. The minimum Gasteiger partial charge on any atom is -0.480 e. The van der Waals surface area contributed by atoms with Crippen LogP contribution in [0.15, 0.2) is 0 Å². The number of piperidine rings is 1. The molecule has 1 unspecified atom stereocenters. The van der Waals surface area contributed by atoms with Crippen molar-refractivity contribution in [2.75, 3.05) is 13.1 Å². The predicted molar refractivity (Wildman–Crippen MR) is 59.0 cm³/mol. The van der Waals surface area contributed by atoms with E-state index in [0.29, 0.717) is 19.5 Å². The first-order valence-electron chi connectivity index (χ1n) is 5.58. The van der Waals surface area contributed by atoms with Crippen molar-refractivity contribution < 1.29 is 14.7 Å². The van der Waals surface area contributed by atoms with Gasteiger partial charge in [0.2, 0.25) is 0 Å². The number of nitrogens with one attached hydrogen (secondary N) is 1. The monoisotopic (exact) mass is 229 g/mol. The Morgan fingerprint density at radius 3 is 2.50 bits per heavy atom. The van der Waals surface area contributed by atoms with Crippen LogP contribution in [0.4, 0.5) is 4.79 Å². The lowest BCUT2D eigenvalue weighted by Crippen LogP contribution is -2.51. The molecule has 0 aromatic carbocycles. The summed E-state index contributed by atoms with van der Waals surface area (Å²) in [6, 6.07) is -0.949. The van der Waals surface area contributed by atoms with Gasteiger partial charge >= 0.3 is 12.0 Å². The molecule has 16 heavy (non-hydrogen) atoms. The van der Waals surface area contributed by atoms with Gasteiger partial charge < -0.3 is 21.1 Å². The molecule has 0 radical (unpaired) electrons. The van der Waals surface area contributed by atoms with Gasteiger partial charge in [0.1, 0.15) is 6.04 Å². The highest BCUT2D eigenvalue weighted by Gasteiger charge is 2.24. The molecule has 0 aromatic rings. The van der Waals surface area contributed by atoms with Crippen LogP contribution in [0.25, 0.3) is 0 Å². The van der Waals surface area contributed by atoms with Crippen LogP contribution < -0.4 is 11.1 Å². The number of nitrogens with zero attached hydrogens (tertiary/aromatic N) is 1. The number of likely N-dealkylation sites (tertiary alicyclic amines) is 1. The van der Waals surface area contributed by atoms with Crippen LogP contribution in [0.3, 0.4) is 0 Å². The smallest absolute Gasteiger partial charge is 0.326 e. The maximum Gasteiger partial charge on any atom is 0.326 e. The van der Waals surface area contributed by atoms with E-state index in [4.69, 9.17) is 10.8 Å². The van der Waals surface area contributed by atoms with Crippen molar-refractivity contribution in [1.82, 2.24) is 10.2 Å². The molecule has 1 atom stereocenters. The highest BCUT2D eigenvalue weighted by Crippen LogP contribution is 2.08. The molecule has 0 saturated carbocycles. The van der Waals surface area contributed by atoms with Gasteiger partial charge in [0.15, 0.2) is 0 Å². The van der Waals surface area contributed by atoms with E-state index in [9.17, 15) is 9.59 Å². The lowest BCUT2D eigenvalue weighted by atomic mass is 10.1. The normalized spacial score (nSPS) is 19.2. The quantitative estimate of drug-likeness (QED) is 0.634. The Morgan fingerprint density at radius 2 is 2.06 bits per heavy atom. The zero-order valence-corrected chi connectivity index (χ0v) is 9.48. The van der Waals surface area contributed by atoms with Gasteiger partial charge in [-0.15, -0.1) is 0 Å². The summed E-state index contributed by atoms with van der Waals surface area (Å²) in [7, 11) is 0. The Morgan fingerprint density at radius 1 is 1.50 bits per heavy atom. The maximum absolute atomic E-state index is 11.7. The Hall–Kier alpha value is -1.30. The number of urea groups is 1. The zero-order chi connectivity index (χ0) is 12.1. The van der Waals surface area contributed by atoms with Crippen LogP contribution in [0.5, 0.6) is 0 Å². The van der Waals surface area contributed by atoms with Crippen LogP contribution >= 0.6 is 0 Å². The molecule has 6 heteroatoms.